The topological polar surface area (TPSA) is 35.6 Å². The molecule has 1 N–H and O–H groups in total. The highest BCUT2D eigenvalue weighted by Crippen LogP contribution is 2.33. The number of carbonyl (C=O) groups excluding carboxylic acids is 1. The average molecular weight is 529 g/mol. The van der Waals surface area contributed by atoms with Crippen molar-refractivity contribution >= 4 is 30.7 Å². The zero-order chi connectivity index (χ0) is 23.4. The summed E-state index contributed by atoms with van der Waals surface area (Å²) in [6, 6.07) is 13.1. The van der Waals surface area contributed by atoms with Crippen LogP contribution in [0.4, 0.5) is 8.78 Å². The van der Waals surface area contributed by atoms with Crippen LogP contribution in [0.5, 0.6) is 0 Å². The molecular weight excluding hydrogens is 491 g/mol. The number of carbonyl (C=O) groups is 1. The first-order valence-electron chi connectivity index (χ1n) is 12.2. The van der Waals surface area contributed by atoms with Crippen molar-refractivity contribution in [2.75, 3.05) is 32.7 Å². The maximum Gasteiger partial charge on any atom is 0.223 e. The zero-order valence-corrected chi connectivity index (χ0v) is 22.1. The molecule has 2 aliphatic rings. The number of hydrogen-bond donors (Lipinski definition) is 1. The quantitative estimate of drug-likeness (QED) is 0.541. The van der Waals surface area contributed by atoms with Crippen molar-refractivity contribution in [3.05, 3.63) is 71.3 Å². The maximum absolute atomic E-state index is 13.6. The van der Waals surface area contributed by atoms with Crippen LogP contribution in [0.2, 0.25) is 0 Å². The molecule has 2 aromatic rings. The maximum atomic E-state index is 13.6. The van der Waals surface area contributed by atoms with Gasteiger partial charge in [-0.15, -0.1) is 24.8 Å². The van der Waals surface area contributed by atoms with E-state index in [2.05, 4.69) is 29.0 Å². The lowest BCUT2D eigenvalue weighted by Crippen LogP contribution is -2.58. The van der Waals surface area contributed by atoms with Crippen LogP contribution < -0.4 is 5.32 Å². The predicted molar refractivity (Wildman–Crippen MR) is 141 cm³/mol. The molecule has 2 aliphatic heterocycles. The molecule has 2 heterocycles. The third kappa shape index (κ3) is 7.39. The van der Waals surface area contributed by atoms with Gasteiger partial charge in [-0.25, -0.2) is 8.78 Å². The Hall–Kier alpha value is -1.73. The SMILES string of the molecule is CC(C)[C@H]1CN(C(c2ccc(F)cc2)c2ccc(F)cc2)CCN1C(=O)CC1CCNCC1.Cl.Cl. The van der Waals surface area contributed by atoms with E-state index in [1.807, 2.05) is 24.3 Å². The zero-order valence-electron chi connectivity index (χ0n) is 20.5. The minimum absolute atomic E-state index is 0. The van der Waals surface area contributed by atoms with Gasteiger partial charge in [0.1, 0.15) is 11.6 Å². The van der Waals surface area contributed by atoms with Gasteiger partial charge in [0.15, 0.2) is 0 Å². The Kier molecular flexibility index (Phi) is 11.4. The summed E-state index contributed by atoms with van der Waals surface area (Å²) in [5, 5.41) is 3.37. The van der Waals surface area contributed by atoms with Crippen molar-refractivity contribution in [2.24, 2.45) is 11.8 Å². The molecule has 2 aromatic carbocycles. The van der Waals surface area contributed by atoms with E-state index in [0.717, 1.165) is 50.1 Å². The highest BCUT2D eigenvalue weighted by atomic mass is 35.5. The molecule has 0 spiro atoms. The minimum Gasteiger partial charge on any atom is -0.337 e. The number of piperazine rings is 1. The van der Waals surface area contributed by atoms with Crippen LogP contribution in [0.15, 0.2) is 48.5 Å². The summed E-state index contributed by atoms with van der Waals surface area (Å²) in [5.41, 5.74) is 1.94. The first-order chi connectivity index (χ1) is 15.9. The second-order valence-electron chi connectivity index (χ2n) is 9.80. The molecule has 0 aliphatic carbocycles. The molecule has 1 amide bonds. The van der Waals surface area contributed by atoms with Gasteiger partial charge in [-0.2, -0.15) is 0 Å². The van der Waals surface area contributed by atoms with Gasteiger partial charge in [-0.3, -0.25) is 9.69 Å². The molecule has 0 saturated carbocycles. The molecule has 0 unspecified atom stereocenters. The average Bonchev–Trinajstić information content (AvgIpc) is 2.82. The Bertz CT molecular complexity index is 876. The standard InChI is InChI=1S/C27H35F2N3O.2ClH/c1-19(2)25-18-31(15-16-32(25)26(33)17-20-11-13-30-14-12-20)27(21-3-7-23(28)8-4-21)22-5-9-24(29)10-6-22;;/h3-10,19-20,25,27,30H,11-18H2,1-2H3;2*1H/t25-;;/m1../s1. The van der Waals surface area contributed by atoms with E-state index in [1.54, 1.807) is 0 Å². The number of hydrogen-bond acceptors (Lipinski definition) is 3. The van der Waals surface area contributed by atoms with Crippen LogP contribution in [0.25, 0.3) is 0 Å². The third-order valence-electron chi connectivity index (χ3n) is 7.20. The molecule has 2 saturated heterocycles. The summed E-state index contributed by atoms with van der Waals surface area (Å²) < 4.78 is 27.3. The Morgan fingerprint density at radius 2 is 1.43 bits per heavy atom. The van der Waals surface area contributed by atoms with Crippen LogP contribution in [0.1, 0.15) is 50.3 Å². The van der Waals surface area contributed by atoms with Gasteiger partial charge in [0.05, 0.1) is 6.04 Å². The number of piperidine rings is 1. The van der Waals surface area contributed by atoms with Crippen molar-refractivity contribution in [3.8, 4) is 0 Å². The lowest BCUT2D eigenvalue weighted by atomic mass is 9.91. The van der Waals surface area contributed by atoms with E-state index in [4.69, 9.17) is 0 Å². The summed E-state index contributed by atoms with van der Waals surface area (Å²) >= 11 is 0. The summed E-state index contributed by atoms with van der Waals surface area (Å²) in [4.78, 5) is 17.7. The molecule has 1 atom stereocenters. The monoisotopic (exact) mass is 527 g/mol. The molecule has 35 heavy (non-hydrogen) atoms. The molecule has 8 heteroatoms. The number of nitrogens with zero attached hydrogens (tertiary/aromatic N) is 2. The largest absolute Gasteiger partial charge is 0.337 e. The van der Waals surface area contributed by atoms with Crippen LogP contribution in [0, 0.1) is 23.5 Å². The van der Waals surface area contributed by atoms with E-state index in [0.29, 0.717) is 24.8 Å². The number of halogens is 4. The van der Waals surface area contributed by atoms with Crippen molar-refractivity contribution < 1.29 is 13.6 Å². The minimum atomic E-state index is -0.273. The van der Waals surface area contributed by atoms with Gasteiger partial charge in [0.25, 0.3) is 0 Å². The molecule has 194 valence electrons. The number of amides is 1. The Balaban J connectivity index is 0.00000216. The fraction of sp³-hybridized carbons (Fsp3) is 0.519. The van der Waals surface area contributed by atoms with Crippen molar-refractivity contribution in [1.82, 2.24) is 15.1 Å². The third-order valence-corrected chi connectivity index (χ3v) is 7.20. The van der Waals surface area contributed by atoms with Gasteiger partial charge in [-0.1, -0.05) is 38.1 Å². The van der Waals surface area contributed by atoms with E-state index in [1.165, 1.54) is 24.3 Å². The second-order valence-corrected chi connectivity index (χ2v) is 9.80. The second kappa shape index (κ2) is 13.5. The predicted octanol–water partition coefficient (Wildman–Crippen LogP) is 5.46. The highest BCUT2D eigenvalue weighted by Gasteiger charge is 2.36. The van der Waals surface area contributed by atoms with Crippen molar-refractivity contribution in [3.63, 3.8) is 0 Å². The number of nitrogens with one attached hydrogen (secondary N) is 1. The van der Waals surface area contributed by atoms with Crippen LogP contribution >= 0.6 is 24.8 Å². The van der Waals surface area contributed by atoms with Gasteiger partial charge in [0.2, 0.25) is 5.91 Å². The fourth-order valence-electron chi connectivity index (χ4n) is 5.30. The van der Waals surface area contributed by atoms with Crippen LogP contribution in [-0.2, 0) is 4.79 Å². The number of rotatable bonds is 6. The van der Waals surface area contributed by atoms with E-state index in [9.17, 15) is 13.6 Å². The summed E-state index contributed by atoms with van der Waals surface area (Å²) in [6.07, 6.45) is 2.76. The molecule has 0 aromatic heterocycles. The molecule has 4 rings (SSSR count). The fourth-order valence-corrected chi connectivity index (χ4v) is 5.30. The van der Waals surface area contributed by atoms with Gasteiger partial charge in [0, 0.05) is 32.1 Å². The summed E-state index contributed by atoms with van der Waals surface area (Å²) in [5.74, 6) is 0.498. The van der Waals surface area contributed by atoms with Gasteiger partial charge < -0.3 is 10.2 Å². The van der Waals surface area contributed by atoms with E-state index < -0.39 is 0 Å². The summed E-state index contributed by atoms with van der Waals surface area (Å²) in [7, 11) is 0. The normalized spacial score (nSPS) is 19.4. The lowest BCUT2D eigenvalue weighted by molar-refractivity contribution is -0.139. The molecule has 4 nitrogen and oxygen atoms in total. The van der Waals surface area contributed by atoms with Crippen LogP contribution in [-0.4, -0.2) is 54.5 Å². The van der Waals surface area contributed by atoms with Gasteiger partial charge in [-0.05, 0) is 73.2 Å². The lowest BCUT2D eigenvalue weighted by Gasteiger charge is -2.46. The molecule has 0 bridgehead atoms. The smallest absolute Gasteiger partial charge is 0.223 e. The Morgan fingerprint density at radius 1 is 0.914 bits per heavy atom. The summed E-state index contributed by atoms with van der Waals surface area (Å²) in [6.45, 7) is 8.46. The molecular formula is C27H37Cl2F2N3O. The van der Waals surface area contributed by atoms with Crippen molar-refractivity contribution in [2.45, 2.75) is 45.2 Å². The molecule has 0 radical (unpaired) electrons. The van der Waals surface area contributed by atoms with E-state index >= 15 is 0 Å². The number of benzene rings is 2. The molecule has 2 fully saturated rings. The highest BCUT2D eigenvalue weighted by molar-refractivity contribution is 5.85. The first-order valence-corrected chi connectivity index (χ1v) is 12.2. The van der Waals surface area contributed by atoms with Gasteiger partial charge >= 0.3 is 0 Å². The van der Waals surface area contributed by atoms with Crippen molar-refractivity contribution in [1.29, 1.82) is 0 Å². The first kappa shape index (κ1) is 29.5. The Morgan fingerprint density at radius 3 is 1.91 bits per heavy atom. The van der Waals surface area contributed by atoms with Crippen LogP contribution in [0.3, 0.4) is 0 Å². The Labute approximate surface area is 220 Å². The van der Waals surface area contributed by atoms with E-state index in [-0.39, 0.29) is 54.4 Å².